The summed E-state index contributed by atoms with van der Waals surface area (Å²) < 4.78 is 0. The number of benzene rings is 2. The number of carbonyl (C=O) groups is 1. The van der Waals surface area contributed by atoms with Crippen molar-refractivity contribution in [2.24, 2.45) is 0 Å². The highest BCUT2D eigenvalue weighted by molar-refractivity contribution is 8.13. The highest BCUT2D eigenvalue weighted by Gasteiger charge is 2.00. The smallest absolute Gasteiger partial charge is 0.185 e. The minimum absolute atomic E-state index is 0.173. The largest absolute Gasteiger partial charge is 0.398 e. The van der Waals surface area contributed by atoms with Crippen molar-refractivity contribution in [2.45, 2.75) is 13.3 Å². The van der Waals surface area contributed by atoms with E-state index < -0.39 is 0 Å². The molecular formula is C16H17NOS. The van der Waals surface area contributed by atoms with Crippen LogP contribution in [0.1, 0.15) is 18.9 Å². The highest BCUT2D eigenvalue weighted by atomic mass is 32.2. The second-order valence-corrected chi connectivity index (χ2v) is 5.59. The van der Waals surface area contributed by atoms with E-state index in [4.69, 9.17) is 5.73 Å². The number of allylic oxidation sites excluding steroid dienone is 1. The molecule has 0 heterocycles. The molecule has 0 saturated carbocycles. The van der Waals surface area contributed by atoms with Crippen molar-refractivity contribution in [3.8, 4) is 0 Å². The third-order valence-corrected chi connectivity index (χ3v) is 3.72. The fourth-order valence-corrected chi connectivity index (χ4v) is 2.53. The molecule has 0 aliphatic carbocycles. The van der Waals surface area contributed by atoms with E-state index in [9.17, 15) is 4.79 Å². The molecule has 3 heteroatoms. The minimum Gasteiger partial charge on any atom is -0.398 e. The summed E-state index contributed by atoms with van der Waals surface area (Å²) in [5.41, 5.74) is 7.94. The van der Waals surface area contributed by atoms with Crippen LogP contribution < -0.4 is 5.73 Å². The molecule has 0 spiro atoms. The second-order valence-electron chi connectivity index (χ2n) is 4.32. The van der Waals surface area contributed by atoms with Crippen molar-refractivity contribution in [3.05, 3.63) is 48.0 Å². The Balaban J connectivity index is 2.15. The molecule has 98 valence electrons. The maximum Gasteiger partial charge on any atom is 0.185 e. The summed E-state index contributed by atoms with van der Waals surface area (Å²) in [6, 6.07) is 12.1. The van der Waals surface area contributed by atoms with Crippen LogP contribution in [-0.4, -0.2) is 10.9 Å². The normalized spacial score (nSPS) is 11.2. The summed E-state index contributed by atoms with van der Waals surface area (Å²) in [7, 11) is 0. The van der Waals surface area contributed by atoms with Crippen LogP contribution in [0.15, 0.2) is 42.5 Å². The molecular weight excluding hydrogens is 254 g/mol. The Bertz CT molecular complexity index is 619. The minimum atomic E-state index is 0.173. The van der Waals surface area contributed by atoms with Gasteiger partial charge in [-0.25, -0.2) is 0 Å². The average molecular weight is 271 g/mol. The Labute approximate surface area is 117 Å². The zero-order valence-corrected chi connectivity index (χ0v) is 11.7. The van der Waals surface area contributed by atoms with Crippen molar-refractivity contribution < 1.29 is 4.79 Å². The highest BCUT2D eigenvalue weighted by Crippen LogP contribution is 2.24. The predicted molar refractivity (Wildman–Crippen MR) is 85.2 cm³/mol. The van der Waals surface area contributed by atoms with Crippen molar-refractivity contribution in [3.63, 3.8) is 0 Å². The van der Waals surface area contributed by atoms with Crippen LogP contribution in [0, 0.1) is 0 Å². The molecule has 0 fully saturated rings. The summed E-state index contributed by atoms with van der Waals surface area (Å²) in [5.74, 6) is 0.832. The van der Waals surface area contributed by atoms with E-state index >= 15 is 0 Å². The zero-order chi connectivity index (χ0) is 13.7. The van der Waals surface area contributed by atoms with Crippen molar-refractivity contribution in [1.82, 2.24) is 0 Å². The summed E-state index contributed by atoms with van der Waals surface area (Å²) in [5, 5.41) is 2.42. The van der Waals surface area contributed by atoms with Crippen LogP contribution in [0.5, 0.6) is 0 Å². The molecule has 19 heavy (non-hydrogen) atoms. The first kappa shape index (κ1) is 13.7. The number of fused-ring (bicyclic) bond motifs is 1. The van der Waals surface area contributed by atoms with Gasteiger partial charge in [-0.2, -0.15) is 0 Å². The first-order chi connectivity index (χ1) is 9.18. The van der Waals surface area contributed by atoms with Gasteiger partial charge in [0.2, 0.25) is 0 Å². The van der Waals surface area contributed by atoms with E-state index in [1.165, 1.54) is 11.8 Å². The number of nitrogen functional groups attached to an aromatic ring is 1. The monoisotopic (exact) mass is 271 g/mol. The maximum atomic E-state index is 10.8. The van der Waals surface area contributed by atoms with E-state index in [2.05, 4.69) is 24.3 Å². The van der Waals surface area contributed by atoms with E-state index in [0.717, 1.165) is 34.2 Å². The van der Waals surface area contributed by atoms with E-state index in [1.807, 2.05) is 24.3 Å². The first-order valence-corrected chi connectivity index (χ1v) is 7.24. The summed E-state index contributed by atoms with van der Waals surface area (Å²) in [6.07, 6.45) is 5.10. The Morgan fingerprint density at radius 3 is 2.74 bits per heavy atom. The molecule has 2 rings (SSSR count). The van der Waals surface area contributed by atoms with Crippen LogP contribution >= 0.6 is 11.8 Å². The van der Waals surface area contributed by atoms with Gasteiger partial charge in [-0.05, 0) is 23.4 Å². The lowest BCUT2D eigenvalue weighted by Gasteiger charge is -2.04. The van der Waals surface area contributed by atoms with Gasteiger partial charge < -0.3 is 5.73 Å². The van der Waals surface area contributed by atoms with Gasteiger partial charge in [0.25, 0.3) is 0 Å². The lowest BCUT2D eigenvalue weighted by molar-refractivity contribution is -0.109. The molecule has 0 aromatic heterocycles. The lowest BCUT2D eigenvalue weighted by atomic mass is 10.0. The molecule has 2 aromatic carbocycles. The topological polar surface area (TPSA) is 43.1 Å². The van der Waals surface area contributed by atoms with E-state index in [0.29, 0.717) is 0 Å². The molecule has 0 unspecified atom stereocenters. The van der Waals surface area contributed by atoms with E-state index in [1.54, 1.807) is 6.92 Å². The Morgan fingerprint density at radius 2 is 1.95 bits per heavy atom. The summed E-state index contributed by atoms with van der Waals surface area (Å²) >= 11 is 1.36. The molecule has 2 aromatic rings. The molecule has 2 nitrogen and oxygen atoms in total. The number of carbonyl (C=O) groups excluding carboxylic acids is 1. The van der Waals surface area contributed by atoms with Gasteiger partial charge in [-0.15, -0.1) is 0 Å². The van der Waals surface area contributed by atoms with Crippen molar-refractivity contribution in [1.29, 1.82) is 0 Å². The number of hydrogen-bond donors (Lipinski definition) is 1. The maximum absolute atomic E-state index is 10.8. The number of thioether (sulfide) groups is 1. The fraction of sp³-hybridized carbons (Fsp3) is 0.188. The van der Waals surface area contributed by atoms with Crippen molar-refractivity contribution in [2.75, 3.05) is 11.5 Å². The average Bonchev–Trinajstić information content (AvgIpc) is 2.39. The van der Waals surface area contributed by atoms with Gasteiger partial charge >= 0.3 is 0 Å². The summed E-state index contributed by atoms with van der Waals surface area (Å²) in [4.78, 5) is 10.8. The van der Waals surface area contributed by atoms with Crippen LogP contribution in [0.3, 0.4) is 0 Å². The number of rotatable bonds is 4. The first-order valence-electron chi connectivity index (χ1n) is 6.25. The van der Waals surface area contributed by atoms with Gasteiger partial charge in [0.15, 0.2) is 5.12 Å². The SMILES string of the molecule is CC(=O)SCCC=Cc1cccc2c(N)cccc12. The molecule has 2 N–H and O–H groups in total. The van der Waals surface area contributed by atoms with Crippen LogP contribution in [-0.2, 0) is 4.79 Å². The Kier molecular flexibility index (Phi) is 4.63. The molecule has 0 bridgehead atoms. The molecule has 0 amide bonds. The standard InChI is InChI=1S/C16H17NOS/c1-12(18)19-11-3-2-6-13-7-4-9-15-14(13)8-5-10-16(15)17/h2,4-10H,3,11,17H2,1H3. The number of nitrogens with two attached hydrogens (primary N) is 1. The van der Waals surface area contributed by atoms with Crippen LogP contribution in [0.2, 0.25) is 0 Å². The molecule has 0 saturated heterocycles. The molecule has 0 aliphatic rings. The molecule has 0 aliphatic heterocycles. The van der Waals surface area contributed by atoms with Gasteiger partial charge in [0, 0.05) is 23.8 Å². The van der Waals surface area contributed by atoms with Gasteiger partial charge in [0.05, 0.1) is 0 Å². The van der Waals surface area contributed by atoms with Crippen LogP contribution in [0.25, 0.3) is 16.8 Å². The quantitative estimate of drug-likeness (QED) is 0.672. The predicted octanol–water partition coefficient (Wildman–Crippen LogP) is 4.11. The van der Waals surface area contributed by atoms with Gasteiger partial charge in [-0.3, -0.25) is 4.79 Å². The Morgan fingerprint density at radius 1 is 1.21 bits per heavy atom. The molecule has 0 radical (unpaired) electrons. The number of hydrogen-bond acceptors (Lipinski definition) is 3. The fourth-order valence-electron chi connectivity index (χ4n) is 1.98. The third-order valence-electron chi connectivity index (χ3n) is 2.88. The van der Waals surface area contributed by atoms with Crippen molar-refractivity contribution >= 4 is 39.4 Å². The second kappa shape index (κ2) is 6.43. The van der Waals surface area contributed by atoms with Crippen LogP contribution in [0.4, 0.5) is 5.69 Å². The van der Waals surface area contributed by atoms with Gasteiger partial charge in [0.1, 0.15) is 0 Å². The summed E-state index contributed by atoms with van der Waals surface area (Å²) in [6.45, 7) is 1.60. The lowest BCUT2D eigenvalue weighted by Crippen LogP contribution is -1.87. The third kappa shape index (κ3) is 3.61. The van der Waals surface area contributed by atoms with Gasteiger partial charge in [-0.1, -0.05) is 54.2 Å². The van der Waals surface area contributed by atoms with E-state index in [-0.39, 0.29) is 5.12 Å². The zero-order valence-electron chi connectivity index (χ0n) is 10.9. The number of anilines is 1. The Hall–Kier alpha value is -1.74. The molecule has 0 atom stereocenters.